The van der Waals surface area contributed by atoms with Crippen LogP contribution in [0.2, 0.25) is 0 Å². The molecule has 0 unspecified atom stereocenters. The van der Waals surface area contributed by atoms with E-state index in [1.807, 2.05) is 19.9 Å². The van der Waals surface area contributed by atoms with Crippen molar-refractivity contribution in [1.82, 2.24) is 9.78 Å². The standard InChI is InChI=1S/C16H20N2O3/c1-5-12-9-15(18(6-2)17-12)16(19)11-7-13(20-3)10-14(8-11)21-4/h7-10H,5-6H2,1-4H3. The Bertz CT molecular complexity index is 625. The zero-order valence-corrected chi connectivity index (χ0v) is 12.8. The van der Waals surface area contributed by atoms with E-state index in [1.54, 1.807) is 37.1 Å². The van der Waals surface area contributed by atoms with Gasteiger partial charge in [0, 0.05) is 18.2 Å². The number of methoxy groups -OCH3 is 2. The predicted molar refractivity (Wildman–Crippen MR) is 80.3 cm³/mol. The summed E-state index contributed by atoms with van der Waals surface area (Å²) < 4.78 is 12.2. The molecular weight excluding hydrogens is 268 g/mol. The number of ketones is 1. The Morgan fingerprint density at radius 2 is 1.71 bits per heavy atom. The molecule has 0 aliphatic rings. The van der Waals surface area contributed by atoms with Crippen LogP contribution in [0.1, 0.15) is 35.6 Å². The second kappa shape index (κ2) is 6.43. The fraction of sp³-hybridized carbons (Fsp3) is 0.375. The number of rotatable bonds is 6. The highest BCUT2D eigenvalue weighted by atomic mass is 16.5. The Hall–Kier alpha value is -2.30. The normalized spacial score (nSPS) is 10.5. The van der Waals surface area contributed by atoms with Gasteiger partial charge in [-0.1, -0.05) is 6.92 Å². The molecule has 0 amide bonds. The van der Waals surface area contributed by atoms with Crippen molar-refractivity contribution in [1.29, 1.82) is 0 Å². The lowest BCUT2D eigenvalue weighted by Gasteiger charge is -2.08. The van der Waals surface area contributed by atoms with Gasteiger partial charge in [-0.25, -0.2) is 0 Å². The summed E-state index contributed by atoms with van der Waals surface area (Å²) in [5, 5.41) is 4.41. The van der Waals surface area contributed by atoms with Gasteiger partial charge in [-0.3, -0.25) is 9.48 Å². The van der Waals surface area contributed by atoms with E-state index < -0.39 is 0 Å². The highest BCUT2D eigenvalue weighted by Gasteiger charge is 2.17. The Kier molecular flexibility index (Phi) is 4.62. The summed E-state index contributed by atoms with van der Waals surface area (Å²) in [6, 6.07) is 7.01. The zero-order valence-electron chi connectivity index (χ0n) is 12.8. The predicted octanol–water partition coefficient (Wildman–Crippen LogP) is 2.71. The number of ether oxygens (including phenoxy) is 2. The van der Waals surface area contributed by atoms with Gasteiger partial charge in [0.25, 0.3) is 0 Å². The van der Waals surface area contributed by atoms with Crippen LogP contribution >= 0.6 is 0 Å². The van der Waals surface area contributed by atoms with Gasteiger partial charge in [-0.05, 0) is 31.5 Å². The van der Waals surface area contributed by atoms with Crippen LogP contribution in [0.4, 0.5) is 0 Å². The van der Waals surface area contributed by atoms with Gasteiger partial charge in [-0.15, -0.1) is 0 Å². The smallest absolute Gasteiger partial charge is 0.211 e. The van der Waals surface area contributed by atoms with Crippen LogP contribution in [0.25, 0.3) is 0 Å². The van der Waals surface area contributed by atoms with E-state index in [2.05, 4.69) is 5.10 Å². The van der Waals surface area contributed by atoms with Crippen LogP contribution in [-0.4, -0.2) is 29.8 Å². The zero-order chi connectivity index (χ0) is 15.4. The summed E-state index contributed by atoms with van der Waals surface area (Å²) in [5.74, 6) is 1.10. The highest BCUT2D eigenvalue weighted by Crippen LogP contribution is 2.24. The van der Waals surface area contributed by atoms with Gasteiger partial charge in [-0.2, -0.15) is 5.10 Å². The summed E-state index contributed by atoms with van der Waals surface area (Å²) >= 11 is 0. The fourth-order valence-electron chi connectivity index (χ4n) is 2.15. The number of benzene rings is 1. The van der Waals surface area contributed by atoms with Crippen molar-refractivity contribution in [2.75, 3.05) is 14.2 Å². The highest BCUT2D eigenvalue weighted by molar-refractivity contribution is 6.08. The largest absolute Gasteiger partial charge is 0.497 e. The van der Waals surface area contributed by atoms with Crippen molar-refractivity contribution >= 4 is 5.78 Å². The quantitative estimate of drug-likeness (QED) is 0.767. The molecule has 0 bridgehead atoms. The molecule has 0 fully saturated rings. The van der Waals surface area contributed by atoms with Crippen molar-refractivity contribution in [3.8, 4) is 11.5 Å². The lowest BCUT2D eigenvalue weighted by Crippen LogP contribution is -2.10. The minimum Gasteiger partial charge on any atom is -0.497 e. The van der Waals surface area contributed by atoms with Crippen LogP contribution in [0.15, 0.2) is 24.3 Å². The molecule has 112 valence electrons. The lowest BCUT2D eigenvalue weighted by molar-refractivity contribution is 0.102. The first-order valence-electron chi connectivity index (χ1n) is 6.97. The molecule has 0 atom stereocenters. The summed E-state index contributed by atoms with van der Waals surface area (Å²) in [5.41, 5.74) is 2.03. The first kappa shape index (κ1) is 15.1. The summed E-state index contributed by atoms with van der Waals surface area (Å²) in [6.45, 7) is 4.64. The average molecular weight is 288 g/mol. The molecule has 0 spiro atoms. The molecule has 0 saturated heterocycles. The van der Waals surface area contributed by atoms with Crippen molar-refractivity contribution in [2.24, 2.45) is 0 Å². The summed E-state index contributed by atoms with van der Waals surface area (Å²) in [4.78, 5) is 12.7. The van der Waals surface area contributed by atoms with Gasteiger partial charge in [0.2, 0.25) is 5.78 Å². The molecule has 1 heterocycles. The summed E-state index contributed by atoms with van der Waals surface area (Å²) in [7, 11) is 3.13. The van der Waals surface area contributed by atoms with E-state index in [0.717, 1.165) is 12.1 Å². The minimum atomic E-state index is -0.0822. The van der Waals surface area contributed by atoms with Crippen molar-refractivity contribution in [3.05, 3.63) is 41.2 Å². The summed E-state index contributed by atoms with van der Waals surface area (Å²) in [6.07, 6.45) is 0.800. The Labute approximate surface area is 124 Å². The second-order valence-corrected chi connectivity index (χ2v) is 4.62. The molecule has 0 aliphatic heterocycles. The van der Waals surface area contributed by atoms with Crippen LogP contribution in [0.3, 0.4) is 0 Å². The van der Waals surface area contributed by atoms with Crippen molar-refractivity contribution in [2.45, 2.75) is 26.8 Å². The first-order chi connectivity index (χ1) is 10.1. The monoisotopic (exact) mass is 288 g/mol. The van der Waals surface area contributed by atoms with E-state index in [9.17, 15) is 4.79 Å². The number of hydrogen-bond donors (Lipinski definition) is 0. The number of aromatic nitrogens is 2. The Balaban J connectivity index is 2.46. The SMILES string of the molecule is CCc1cc(C(=O)c2cc(OC)cc(OC)c2)n(CC)n1. The van der Waals surface area contributed by atoms with Crippen LogP contribution in [0, 0.1) is 0 Å². The number of carbonyl (C=O) groups is 1. The Morgan fingerprint density at radius 1 is 1.10 bits per heavy atom. The average Bonchev–Trinajstić information content (AvgIpc) is 2.96. The van der Waals surface area contributed by atoms with Crippen LogP contribution in [0.5, 0.6) is 11.5 Å². The molecule has 5 heteroatoms. The Morgan fingerprint density at radius 3 is 2.19 bits per heavy atom. The maximum absolute atomic E-state index is 12.7. The second-order valence-electron chi connectivity index (χ2n) is 4.62. The van der Waals surface area contributed by atoms with E-state index in [0.29, 0.717) is 29.3 Å². The van der Waals surface area contributed by atoms with E-state index in [1.165, 1.54) is 0 Å². The van der Waals surface area contributed by atoms with E-state index >= 15 is 0 Å². The number of carbonyl (C=O) groups excluding carboxylic acids is 1. The minimum absolute atomic E-state index is 0.0822. The number of aryl methyl sites for hydroxylation is 2. The molecule has 2 rings (SSSR count). The van der Waals surface area contributed by atoms with Gasteiger partial charge in [0.15, 0.2) is 0 Å². The van der Waals surface area contributed by atoms with Crippen molar-refractivity contribution < 1.29 is 14.3 Å². The van der Waals surface area contributed by atoms with Crippen LogP contribution in [-0.2, 0) is 13.0 Å². The number of hydrogen-bond acceptors (Lipinski definition) is 4. The molecule has 0 radical (unpaired) electrons. The molecule has 1 aromatic carbocycles. The van der Waals surface area contributed by atoms with Gasteiger partial charge in [0.1, 0.15) is 17.2 Å². The third kappa shape index (κ3) is 3.07. The lowest BCUT2D eigenvalue weighted by atomic mass is 10.1. The van der Waals surface area contributed by atoms with Gasteiger partial charge >= 0.3 is 0 Å². The fourth-order valence-corrected chi connectivity index (χ4v) is 2.15. The maximum atomic E-state index is 12.7. The topological polar surface area (TPSA) is 53.4 Å². The molecule has 2 aromatic rings. The van der Waals surface area contributed by atoms with E-state index in [4.69, 9.17) is 9.47 Å². The van der Waals surface area contributed by atoms with Gasteiger partial charge in [0.05, 0.1) is 19.9 Å². The third-order valence-electron chi connectivity index (χ3n) is 3.34. The van der Waals surface area contributed by atoms with E-state index in [-0.39, 0.29) is 5.78 Å². The number of nitrogens with zero attached hydrogens (tertiary/aromatic N) is 2. The molecule has 5 nitrogen and oxygen atoms in total. The maximum Gasteiger partial charge on any atom is 0.211 e. The first-order valence-corrected chi connectivity index (χ1v) is 6.97. The molecule has 21 heavy (non-hydrogen) atoms. The molecule has 0 N–H and O–H groups in total. The molecule has 1 aromatic heterocycles. The third-order valence-corrected chi connectivity index (χ3v) is 3.34. The van der Waals surface area contributed by atoms with Crippen molar-refractivity contribution in [3.63, 3.8) is 0 Å². The molecular formula is C16H20N2O3. The molecule has 0 aliphatic carbocycles. The molecule has 0 saturated carbocycles. The van der Waals surface area contributed by atoms with Gasteiger partial charge < -0.3 is 9.47 Å². The van der Waals surface area contributed by atoms with Crippen LogP contribution < -0.4 is 9.47 Å².